The highest BCUT2D eigenvalue weighted by Crippen LogP contribution is 2.42. The second-order valence-electron chi connectivity index (χ2n) is 13.5. The summed E-state index contributed by atoms with van der Waals surface area (Å²) in [4.78, 5) is 34.6. The highest BCUT2D eigenvalue weighted by molar-refractivity contribution is 6.39. The van der Waals surface area contributed by atoms with Crippen LogP contribution in [0.4, 0.5) is 0 Å². The standard InChI is InChI=1S/C39H42Cl2N8O3/c1-23(50)49-17-14-26(15-18-49)44-22-33-30-10-7-24(19-34(30)48(2)47-33)38-37(41)29(13-16-43-38)28-5-4-6-31(36(28)40)32-11-8-25(39(46-32)52-3)20-42-21-27-9-12-35(51)45-27/h4-8,10-11,13,16,19,26-27,42,44H,9,12,14-15,17-18,20-22H2,1-3H3,(H,45,51)/t27-/m1/s1. The van der Waals surface area contributed by atoms with Crippen LogP contribution < -0.4 is 20.7 Å². The number of ether oxygens (including phenoxy) is 1. The summed E-state index contributed by atoms with van der Waals surface area (Å²) in [7, 11) is 3.55. The van der Waals surface area contributed by atoms with Gasteiger partial charge in [0, 0.05) is 105 Å². The van der Waals surface area contributed by atoms with Gasteiger partial charge in [0.15, 0.2) is 0 Å². The SMILES string of the molecule is COc1nc(-c2cccc(-c3ccnc(-c4ccc5c(CNC6CCN(C(C)=O)CC6)nn(C)c5c4)c3Cl)c2Cl)ccc1CNC[C@H]1CCC(=O)N1. The van der Waals surface area contributed by atoms with E-state index in [4.69, 9.17) is 38.0 Å². The number of hydrogen-bond acceptors (Lipinski definition) is 8. The number of piperidine rings is 1. The van der Waals surface area contributed by atoms with E-state index < -0.39 is 0 Å². The lowest BCUT2D eigenvalue weighted by Crippen LogP contribution is -2.44. The lowest BCUT2D eigenvalue weighted by molar-refractivity contribution is -0.130. The number of benzene rings is 2. The number of pyridine rings is 2. The Hall–Kier alpha value is -4.55. The summed E-state index contributed by atoms with van der Waals surface area (Å²) in [5.74, 6) is 0.744. The summed E-state index contributed by atoms with van der Waals surface area (Å²) in [6.45, 7) is 5.07. The van der Waals surface area contributed by atoms with E-state index in [1.54, 1.807) is 20.2 Å². The number of aromatic nitrogens is 4. The van der Waals surface area contributed by atoms with Crippen molar-refractivity contribution in [1.29, 1.82) is 0 Å². The van der Waals surface area contributed by atoms with Gasteiger partial charge >= 0.3 is 0 Å². The van der Waals surface area contributed by atoms with Gasteiger partial charge in [-0.15, -0.1) is 0 Å². The molecule has 11 nitrogen and oxygen atoms in total. The molecule has 2 aliphatic rings. The fourth-order valence-electron chi connectivity index (χ4n) is 7.18. The fraction of sp³-hybridized carbons (Fsp3) is 0.359. The summed E-state index contributed by atoms with van der Waals surface area (Å²) in [6.07, 6.45) is 5.02. The van der Waals surface area contributed by atoms with Crippen molar-refractivity contribution in [2.75, 3.05) is 26.7 Å². The molecule has 270 valence electrons. The maximum Gasteiger partial charge on any atom is 0.220 e. The normalized spacial score (nSPS) is 16.4. The van der Waals surface area contributed by atoms with Crippen LogP contribution in [0.3, 0.4) is 0 Å². The van der Waals surface area contributed by atoms with Crippen molar-refractivity contribution < 1.29 is 14.3 Å². The van der Waals surface area contributed by atoms with Crippen molar-refractivity contribution >= 4 is 45.9 Å². The molecule has 3 N–H and O–H groups in total. The summed E-state index contributed by atoms with van der Waals surface area (Å²) >= 11 is 14.3. The maximum absolute atomic E-state index is 11.7. The van der Waals surface area contributed by atoms with Crippen molar-refractivity contribution in [3.63, 3.8) is 0 Å². The molecule has 2 amide bonds. The van der Waals surface area contributed by atoms with E-state index in [1.165, 1.54) is 0 Å². The Bertz CT molecular complexity index is 2130. The third-order valence-electron chi connectivity index (χ3n) is 10.1. The minimum atomic E-state index is 0.100. The average Bonchev–Trinajstić information content (AvgIpc) is 3.72. The van der Waals surface area contributed by atoms with Crippen LogP contribution in [0.5, 0.6) is 5.88 Å². The molecule has 52 heavy (non-hydrogen) atoms. The van der Waals surface area contributed by atoms with Crippen LogP contribution in [0.1, 0.15) is 43.9 Å². The molecule has 0 aliphatic carbocycles. The number of fused-ring (bicyclic) bond motifs is 1. The van der Waals surface area contributed by atoms with E-state index in [1.807, 2.05) is 59.1 Å². The topological polar surface area (TPSA) is 126 Å². The van der Waals surface area contributed by atoms with Gasteiger partial charge in [-0.05, 0) is 37.5 Å². The fourth-order valence-corrected chi connectivity index (χ4v) is 7.83. The predicted molar refractivity (Wildman–Crippen MR) is 204 cm³/mol. The van der Waals surface area contributed by atoms with Gasteiger partial charge in [-0.3, -0.25) is 19.3 Å². The van der Waals surface area contributed by atoms with Crippen LogP contribution in [0.2, 0.25) is 10.0 Å². The van der Waals surface area contributed by atoms with Crippen LogP contribution in [-0.4, -0.2) is 75.3 Å². The molecule has 1 atom stereocenters. The number of nitrogens with zero attached hydrogens (tertiary/aromatic N) is 5. The zero-order chi connectivity index (χ0) is 36.4. The molecule has 2 saturated heterocycles. The van der Waals surface area contributed by atoms with Gasteiger partial charge in [0.1, 0.15) is 0 Å². The minimum absolute atomic E-state index is 0.100. The van der Waals surface area contributed by atoms with Gasteiger partial charge < -0.3 is 25.6 Å². The molecule has 0 radical (unpaired) electrons. The monoisotopic (exact) mass is 740 g/mol. The first-order valence-electron chi connectivity index (χ1n) is 17.6. The average molecular weight is 742 g/mol. The molecule has 3 aromatic heterocycles. The Labute approximate surface area is 313 Å². The number of methoxy groups -OCH3 is 1. The summed E-state index contributed by atoms with van der Waals surface area (Å²) < 4.78 is 7.56. The maximum atomic E-state index is 11.7. The summed E-state index contributed by atoms with van der Waals surface area (Å²) in [5, 5.41) is 16.9. The van der Waals surface area contributed by atoms with Gasteiger partial charge in [0.05, 0.1) is 39.8 Å². The minimum Gasteiger partial charge on any atom is -0.481 e. The molecule has 0 saturated carbocycles. The lowest BCUT2D eigenvalue weighted by atomic mass is 9.99. The Morgan fingerprint density at radius 1 is 1.00 bits per heavy atom. The number of halogens is 2. The Morgan fingerprint density at radius 2 is 1.79 bits per heavy atom. The van der Waals surface area contributed by atoms with Gasteiger partial charge in [-0.25, -0.2) is 4.98 Å². The molecule has 13 heteroatoms. The number of rotatable bonds is 11. The van der Waals surface area contributed by atoms with Gasteiger partial charge in [0.25, 0.3) is 0 Å². The smallest absolute Gasteiger partial charge is 0.220 e. The first kappa shape index (κ1) is 35.8. The molecule has 0 unspecified atom stereocenters. The number of amides is 2. The molecule has 0 bridgehead atoms. The third-order valence-corrected chi connectivity index (χ3v) is 10.9. The third kappa shape index (κ3) is 7.50. The van der Waals surface area contributed by atoms with Crippen LogP contribution in [0.25, 0.3) is 44.5 Å². The molecule has 5 aromatic rings. The number of nitrogens with one attached hydrogen (secondary N) is 3. The van der Waals surface area contributed by atoms with Crippen LogP contribution in [-0.2, 0) is 29.7 Å². The van der Waals surface area contributed by atoms with Crippen molar-refractivity contribution in [2.24, 2.45) is 7.05 Å². The molecule has 0 spiro atoms. The van der Waals surface area contributed by atoms with Gasteiger partial charge in [-0.1, -0.05) is 59.6 Å². The van der Waals surface area contributed by atoms with E-state index in [9.17, 15) is 9.59 Å². The molecular formula is C39H42Cl2N8O3. The predicted octanol–water partition coefficient (Wildman–Crippen LogP) is 6.15. The van der Waals surface area contributed by atoms with E-state index >= 15 is 0 Å². The number of hydrogen-bond donors (Lipinski definition) is 3. The molecular weight excluding hydrogens is 699 g/mol. The van der Waals surface area contributed by atoms with Crippen molar-refractivity contribution in [3.05, 3.63) is 82.1 Å². The zero-order valence-corrected chi connectivity index (χ0v) is 31.0. The van der Waals surface area contributed by atoms with Gasteiger partial charge in [0.2, 0.25) is 17.7 Å². The van der Waals surface area contributed by atoms with Crippen LogP contribution in [0, 0.1) is 0 Å². The highest BCUT2D eigenvalue weighted by Gasteiger charge is 2.23. The van der Waals surface area contributed by atoms with Crippen LogP contribution >= 0.6 is 23.2 Å². The molecule has 7 rings (SSSR count). The summed E-state index contributed by atoms with van der Waals surface area (Å²) in [5.41, 5.74) is 7.33. The van der Waals surface area contributed by atoms with E-state index in [0.717, 1.165) is 76.8 Å². The van der Waals surface area contributed by atoms with Crippen molar-refractivity contribution in [1.82, 2.24) is 40.6 Å². The first-order valence-corrected chi connectivity index (χ1v) is 18.4. The molecule has 2 fully saturated rings. The Balaban J connectivity index is 1.10. The van der Waals surface area contributed by atoms with Crippen LogP contribution in [0.15, 0.2) is 60.8 Å². The molecule has 2 aromatic carbocycles. The number of carbonyl (C=O) groups is 2. The summed E-state index contributed by atoms with van der Waals surface area (Å²) in [6, 6.07) is 18.3. The number of aryl methyl sites for hydroxylation is 1. The Morgan fingerprint density at radius 3 is 2.54 bits per heavy atom. The van der Waals surface area contributed by atoms with E-state index in [-0.39, 0.29) is 17.9 Å². The van der Waals surface area contributed by atoms with E-state index in [2.05, 4.69) is 33.1 Å². The quantitative estimate of drug-likeness (QED) is 0.147. The molecule has 2 aliphatic heterocycles. The number of likely N-dealkylation sites (tertiary alicyclic amines) is 1. The second-order valence-corrected chi connectivity index (χ2v) is 14.2. The zero-order valence-electron chi connectivity index (χ0n) is 29.5. The second kappa shape index (κ2) is 15.6. The number of carbonyl (C=O) groups excluding carboxylic acids is 2. The van der Waals surface area contributed by atoms with Crippen molar-refractivity contribution in [3.8, 4) is 39.5 Å². The first-order chi connectivity index (χ1) is 25.2. The largest absolute Gasteiger partial charge is 0.481 e. The van der Waals surface area contributed by atoms with Gasteiger partial charge in [-0.2, -0.15) is 5.10 Å². The Kier molecular flexibility index (Phi) is 10.7. The van der Waals surface area contributed by atoms with Crippen molar-refractivity contribution in [2.45, 2.75) is 57.8 Å². The highest BCUT2D eigenvalue weighted by atomic mass is 35.5. The molecule has 5 heterocycles. The lowest BCUT2D eigenvalue weighted by Gasteiger charge is -2.31. The van der Waals surface area contributed by atoms with E-state index in [0.29, 0.717) is 59.4 Å².